The van der Waals surface area contributed by atoms with E-state index in [1.165, 1.54) is 37.3 Å². The van der Waals surface area contributed by atoms with Crippen molar-refractivity contribution in [3.05, 3.63) is 118 Å². The summed E-state index contributed by atoms with van der Waals surface area (Å²) >= 11 is 13.2. The minimum atomic E-state index is -4.38. The van der Waals surface area contributed by atoms with E-state index in [1.54, 1.807) is 42.5 Å². The molecule has 4 rings (SSSR count). The van der Waals surface area contributed by atoms with Crippen molar-refractivity contribution in [3.8, 4) is 11.5 Å². The van der Waals surface area contributed by atoms with Crippen molar-refractivity contribution in [2.45, 2.75) is 57.1 Å². The van der Waals surface area contributed by atoms with Gasteiger partial charge in [0.15, 0.2) is 0 Å². The first-order valence-electron chi connectivity index (χ1n) is 15.8. The molecule has 0 heterocycles. The van der Waals surface area contributed by atoms with Crippen molar-refractivity contribution in [3.63, 3.8) is 0 Å². The Morgan fingerprint density at radius 2 is 1.53 bits per heavy atom. The van der Waals surface area contributed by atoms with Gasteiger partial charge in [-0.15, -0.1) is 0 Å². The van der Waals surface area contributed by atoms with Crippen LogP contribution >= 0.6 is 23.2 Å². The number of anilines is 1. The van der Waals surface area contributed by atoms with Crippen LogP contribution in [-0.2, 0) is 32.6 Å². The van der Waals surface area contributed by atoms with Gasteiger partial charge in [-0.05, 0) is 62.2 Å². The number of sulfonamides is 1. The Balaban J connectivity index is 1.90. The van der Waals surface area contributed by atoms with Gasteiger partial charge in [0.25, 0.3) is 10.0 Å². The molecule has 0 radical (unpaired) electrons. The van der Waals surface area contributed by atoms with Crippen molar-refractivity contribution in [1.29, 1.82) is 0 Å². The molecule has 4 aromatic rings. The molecule has 0 fully saturated rings. The van der Waals surface area contributed by atoms with Gasteiger partial charge in [-0.2, -0.15) is 0 Å². The average molecular weight is 727 g/mol. The standard InChI is InChI=1S/C37H41Cl2N3O6S/c1-6-26(3)40-37(44)34(21-27-11-8-7-9-12-27)41(23-30-31(38)13-10-14-32(30)39)36(43)24-42(33-22-28(47-4)17-20-35(33)48-5)49(45,46)29-18-15-25(2)16-19-29/h7-20,22,26,34H,6,21,23-24H2,1-5H3,(H,40,44)/t26-,34+/m0/s1. The molecular weight excluding hydrogens is 685 g/mol. The molecule has 1 N–H and O–H groups in total. The monoisotopic (exact) mass is 725 g/mol. The lowest BCUT2D eigenvalue weighted by Crippen LogP contribution is -2.54. The molecule has 49 heavy (non-hydrogen) atoms. The van der Waals surface area contributed by atoms with E-state index in [-0.39, 0.29) is 35.3 Å². The van der Waals surface area contributed by atoms with E-state index >= 15 is 0 Å². The molecule has 0 saturated carbocycles. The van der Waals surface area contributed by atoms with Crippen LogP contribution in [0.15, 0.2) is 95.9 Å². The topological polar surface area (TPSA) is 105 Å². The van der Waals surface area contributed by atoms with Gasteiger partial charge in [-0.3, -0.25) is 13.9 Å². The highest BCUT2D eigenvalue weighted by atomic mass is 35.5. The number of amides is 2. The maximum Gasteiger partial charge on any atom is 0.264 e. The number of hydrogen-bond acceptors (Lipinski definition) is 6. The Labute approximate surface area is 298 Å². The minimum Gasteiger partial charge on any atom is -0.497 e. The number of nitrogens with one attached hydrogen (secondary N) is 1. The van der Waals surface area contributed by atoms with Crippen LogP contribution in [0.2, 0.25) is 10.0 Å². The van der Waals surface area contributed by atoms with Gasteiger partial charge in [0, 0.05) is 40.7 Å². The van der Waals surface area contributed by atoms with Gasteiger partial charge in [-0.1, -0.05) is 84.2 Å². The van der Waals surface area contributed by atoms with Crippen molar-refractivity contribution in [2.75, 3.05) is 25.1 Å². The number of hydrogen-bond donors (Lipinski definition) is 1. The highest BCUT2D eigenvalue weighted by Crippen LogP contribution is 2.36. The summed E-state index contributed by atoms with van der Waals surface area (Å²) in [6, 6.07) is 24.0. The molecule has 0 aliphatic heterocycles. The average Bonchev–Trinajstić information content (AvgIpc) is 3.09. The fourth-order valence-electron chi connectivity index (χ4n) is 5.19. The highest BCUT2D eigenvalue weighted by Gasteiger charge is 2.36. The minimum absolute atomic E-state index is 0.0354. The first-order valence-corrected chi connectivity index (χ1v) is 18.0. The third-order valence-electron chi connectivity index (χ3n) is 8.20. The number of carbonyl (C=O) groups excluding carboxylic acids is 2. The van der Waals surface area contributed by atoms with Crippen LogP contribution in [0.5, 0.6) is 11.5 Å². The number of rotatable bonds is 15. The van der Waals surface area contributed by atoms with Crippen LogP contribution in [-0.4, -0.2) is 58.0 Å². The molecule has 0 unspecified atom stereocenters. The van der Waals surface area contributed by atoms with E-state index in [0.29, 0.717) is 27.8 Å². The first kappa shape index (κ1) is 37.6. The van der Waals surface area contributed by atoms with Crippen LogP contribution in [0.4, 0.5) is 5.69 Å². The predicted molar refractivity (Wildman–Crippen MR) is 194 cm³/mol. The van der Waals surface area contributed by atoms with Gasteiger partial charge in [0.1, 0.15) is 24.1 Å². The van der Waals surface area contributed by atoms with E-state index in [1.807, 2.05) is 51.1 Å². The van der Waals surface area contributed by atoms with Crippen LogP contribution in [0.3, 0.4) is 0 Å². The number of carbonyl (C=O) groups is 2. The number of halogens is 2. The smallest absolute Gasteiger partial charge is 0.264 e. The normalized spacial score (nSPS) is 12.5. The Kier molecular flexibility index (Phi) is 13.0. The zero-order valence-corrected chi connectivity index (χ0v) is 30.5. The van der Waals surface area contributed by atoms with E-state index in [9.17, 15) is 18.0 Å². The summed E-state index contributed by atoms with van der Waals surface area (Å²) in [6.45, 7) is 4.80. The molecule has 0 aliphatic rings. The SMILES string of the molecule is CC[C@H](C)NC(=O)[C@@H](Cc1ccccc1)N(Cc1c(Cl)cccc1Cl)C(=O)CN(c1cc(OC)ccc1OC)S(=O)(=O)c1ccc(C)cc1. The summed E-state index contributed by atoms with van der Waals surface area (Å²) in [5.41, 5.74) is 2.16. The van der Waals surface area contributed by atoms with Gasteiger partial charge in [0.05, 0.1) is 24.8 Å². The molecule has 4 aromatic carbocycles. The molecule has 0 aromatic heterocycles. The molecule has 0 saturated heterocycles. The first-order chi connectivity index (χ1) is 23.4. The Hall–Kier alpha value is -4.25. The van der Waals surface area contributed by atoms with Crippen LogP contribution in [0.1, 0.15) is 37.0 Å². The van der Waals surface area contributed by atoms with Crippen LogP contribution < -0.4 is 19.1 Å². The molecule has 2 amide bonds. The molecule has 0 bridgehead atoms. The number of ether oxygens (including phenoxy) is 2. The summed E-state index contributed by atoms with van der Waals surface area (Å²) in [4.78, 5) is 30.2. The van der Waals surface area contributed by atoms with Gasteiger partial charge < -0.3 is 19.7 Å². The molecular formula is C37H41Cl2N3O6S. The molecule has 0 spiro atoms. The third kappa shape index (κ3) is 9.26. The second kappa shape index (κ2) is 16.9. The number of nitrogens with zero attached hydrogens (tertiary/aromatic N) is 2. The lowest BCUT2D eigenvalue weighted by Gasteiger charge is -2.35. The van der Waals surface area contributed by atoms with Crippen LogP contribution in [0, 0.1) is 6.92 Å². The fraction of sp³-hybridized carbons (Fsp3) is 0.297. The van der Waals surface area contributed by atoms with Crippen molar-refractivity contribution < 1.29 is 27.5 Å². The maximum absolute atomic E-state index is 14.8. The number of aryl methyl sites for hydroxylation is 1. The maximum atomic E-state index is 14.8. The molecule has 0 aliphatic carbocycles. The fourth-order valence-corrected chi connectivity index (χ4v) is 7.12. The third-order valence-corrected chi connectivity index (χ3v) is 10.7. The Morgan fingerprint density at radius 3 is 2.12 bits per heavy atom. The molecule has 260 valence electrons. The quantitative estimate of drug-likeness (QED) is 0.141. The largest absolute Gasteiger partial charge is 0.497 e. The molecule has 9 nitrogen and oxygen atoms in total. The van der Waals surface area contributed by atoms with Crippen molar-refractivity contribution in [1.82, 2.24) is 10.2 Å². The second-order valence-corrected chi connectivity index (χ2v) is 14.3. The Bertz CT molecular complexity index is 1840. The van der Waals surface area contributed by atoms with Gasteiger partial charge in [-0.25, -0.2) is 8.42 Å². The summed E-state index contributed by atoms with van der Waals surface area (Å²) < 4.78 is 40.9. The Morgan fingerprint density at radius 1 is 0.878 bits per heavy atom. The van der Waals surface area contributed by atoms with E-state index in [0.717, 1.165) is 15.4 Å². The molecule has 2 atom stereocenters. The second-order valence-electron chi connectivity index (χ2n) is 11.6. The van der Waals surface area contributed by atoms with E-state index < -0.39 is 34.4 Å². The summed E-state index contributed by atoms with van der Waals surface area (Å²) in [5.74, 6) is -0.527. The zero-order chi connectivity index (χ0) is 35.7. The van der Waals surface area contributed by atoms with Crippen LogP contribution in [0.25, 0.3) is 0 Å². The van der Waals surface area contributed by atoms with Gasteiger partial charge in [0.2, 0.25) is 11.8 Å². The zero-order valence-electron chi connectivity index (χ0n) is 28.2. The molecule has 12 heteroatoms. The summed E-state index contributed by atoms with van der Waals surface area (Å²) in [6.07, 6.45) is 0.802. The lowest BCUT2D eigenvalue weighted by atomic mass is 10.0. The van der Waals surface area contributed by atoms with Gasteiger partial charge >= 0.3 is 0 Å². The summed E-state index contributed by atoms with van der Waals surface area (Å²) in [7, 11) is -1.52. The van der Waals surface area contributed by atoms with E-state index in [4.69, 9.17) is 32.7 Å². The van der Waals surface area contributed by atoms with Crippen molar-refractivity contribution >= 4 is 50.7 Å². The lowest BCUT2D eigenvalue weighted by molar-refractivity contribution is -0.140. The highest BCUT2D eigenvalue weighted by molar-refractivity contribution is 7.92. The van der Waals surface area contributed by atoms with E-state index in [2.05, 4.69) is 5.32 Å². The van der Waals surface area contributed by atoms with Crippen molar-refractivity contribution in [2.24, 2.45) is 0 Å². The predicted octanol–water partition coefficient (Wildman–Crippen LogP) is 7.07. The number of benzene rings is 4. The summed E-state index contributed by atoms with van der Waals surface area (Å²) in [5, 5.41) is 3.60. The number of methoxy groups -OCH3 is 2.